The van der Waals surface area contributed by atoms with Crippen LogP contribution in [0.25, 0.3) is 0 Å². The van der Waals surface area contributed by atoms with Gasteiger partial charge < -0.3 is 0 Å². The predicted molar refractivity (Wildman–Crippen MR) is 57.0 cm³/mol. The zero-order chi connectivity index (χ0) is 8.97. The molecular formula is C8H11BrN2S. The van der Waals surface area contributed by atoms with Gasteiger partial charge in [-0.05, 0) is 27.6 Å². The molecule has 0 aromatic carbocycles. The number of aromatic nitrogens is 1. The lowest BCUT2D eigenvalue weighted by molar-refractivity contribution is 0.498. The van der Waals surface area contributed by atoms with Crippen molar-refractivity contribution in [1.82, 2.24) is 9.29 Å². The van der Waals surface area contributed by atoms with Crippen LogP contribution in [0.4, 0.5) is 0 Å². The largest absolute Gasteiger partial charge is 0.249 e. The van der Waals surface area contributed by atoms with Crippen molar-refractivity contribution >= 4 is 28.7 Å². The van der Waals surface area contributed by atoms with E-state index in [1.54, 1.807) is 0 Å². The fourth-order valence-corrected chi connectivity index (χ4v) is 1.22. The predicted octanol–water partition coefficient (Wildman–Crippen LogP) is 2.51. The Balaban J connectivity index is 2.58. The van der Waals surface area contributed by atoms with E-state index in [9.17, 15) is 0 Å². The Morgan fingerprint density at radius 3 is 2.83 bits per heavy atom. The van der Waals surface area contributed by atoms with Crippen molar-refractivity contribution in [1.29, 1.82) is 0 Å². The van der Waals surface area contributed by atoms with Crippen LogP contribution < -0.4 is 0 Å². The molecule has 0 aliphatic rings. The molecule has 0 bridgehead atoms. The zero-order valence-corrected chi connectivity index (χ0v) is 9.35. The summed E-state index contributed by atoms with van der Waals surface area (Å²) in [6.45, 7) is 3.83. The van der Waals surface area contributed by atoms with Crippen molar-refractivity contribution in [2.45, 2.75) is 13.5 Å². The van der Waals surface area contributed by atoms with E-state index < -0.39 is 0 Å². The molecule has 0 N–H and O–H groups in total. The Morgan fingerprint density at radius 2 is 2.33 bits per heavy atom. The zero-order valence-electron chi connectivity index (χ0n) is 6.87. The molecule has 12 heavy (non-hydrogen) atoms. The summed E-state index contributed by atoms with van der Waals surface area (Å²) < 4.78 is 2.80. The molecule has 1 heterocycles. The van der Waals surface area contributed by atoms with E-state index in [0.717, 1.165) is 17.7 Å². The van der Waals surface area contributed by atoms with Gasteiger partial charge in [0.15, 0.2) is 0 Å². The third-order valence-electron chi connectivity index (χ3n) is 1.52. The minimum atomic E-state index is 0.833. The molecule has 0 spiro atoms. The van der Waals surface area contributed by atoms with Gasteiger partial charge in [-0.15, -0.1) is 0 Å². The first kappa shape index (κ1) is 10.0. The number of nitrogens with zero attached hydrogens (tertiary/aromatic N) is 2. The van der Waals surface area contributed by atoms with Crippen LogP contribution in [-0.2, 0) is 6.54 Å². The number of pyridine rings is 1. The average molecular weight is 247 g/mol. The second-order valence-corrected chi connectivity index (χ2v) is 3.85. The fraction of sp³-hybridized carbons (Fsp3) is 0.375. The van der Waals surface area contributed by atoms with E-state index in [4.69, 9.17) is 0 Å². The van der Waals surface area contributed by atoms with Crippen molar-refractivity contribution in [2.75, 3.05) is 6.54 Å². The number of halogens is 1. The summed E-state index contributed by atoms with van der Waals surface area (Å²) in [5.74, 6) is 0. The SMILES string of the molecule is CCN(S)Cc1ccc(Br)nc1. The first-order valence-corrected chi connectivity index (χ1v) is 4.96. The summed E-state index contributed by atoms with van der Waals surface area (Å²) in [6, 6.07) is 3.97. The summed E-state index contributed by atoms with van der Waals surface area (Å²) in [5, 5.41) is 0. The van der Waals surface area contributed by atoms with E-state index >= 15 is 0 Å². The van der Waals surface area contributed by atoms with Crippen LogP contribution in [0.15, 0.2) is 22.9 Å². The minimum absolute atomic E-state index is 0.833. The second kappa shape index (κ2) is 4.84. The van der Waals surface area contributed by atoms with Crippen LogP contribution >= 0.6 is 28.7 Å². The maximum Gasteiger partial charge on any atom is 0.106 e. The van der Waals surface area contributed by atoms with Gasteiger partial charge in [-0.2, -0.15) is 0 Å². The molecule has 0 saturated heterocycles. The van der Waals surface area contributed by atoms with Gasteiger partial charge in [0, 0.05) is 19.3 Å². The molecular weight excluding hydrogens is 236 g/mol. The molecule has 0 radical (unpaired) electrons. The topological polar surface area (TPSA) is 16.1 Å². The molecule has 1 aromatic heterocycles. The average Bonchev–Trinajstić information content (AvgIpc) is 2.09. The van der Waals surface area contributed by atoms with Crippen molar-refractivity contribution < 1.29 is 0 Å². The maximum atomic E-state index is 4.26. The van der Waals surface area contributed by atoms with Gasteiger partial charge in [0.25, 0.3) is 0 Å². The molecule has 1 rings (SSSR count). The van der Waals surface area contributed by atoms with Crippen LogP contribution in [0.5, 0.6) is 0 Å². The van der Waals surface area contributed by atoms with E-state index in [-0.39, 0.29) is 0 Å². The molecule has 0 atom stereocenters. The smallest absolute Gasteiger partial charge is 0.106 e. The van der Waals surface area contributed by atoms with Crippen molar-refractivity contribution in [2.24, 2.45) is 0 Å². The van der Waals surface area contributed by atoms with E-state index in [0.29, 0.717) is 0 Å². The first-order chi connectivity index (χ1) is 5.72. The molecule has 0 saturated carbocycles. The molecule has 0 unspecified atom stereocenters. The highest BCUT2D eigenvalue weighted by atomic mass is 79.9. The van der Waals surface area contributed by atoms with Gasteiger partial charge in [-0.3, -0.25) is 0 Å². The lowest BCUT2D eigenvalue weighted by Crippen LogP contribution is -2.10. The number of hydrogen-bond acceptors (Lipinski definition) is 3. The molecule has 0 aliphatic heterocycles. The van der Waals surface area contributed by atoms with Crippen molar-refractivity contribution in [3.8, 4) is 0 Å². The van der Waals surface area contributed by atoms with E-state index in [1.807, 2.05) is 22.6 Å². The highest BCUT2D eigenvalue weighted by Crippen LogP contribution is 2.09. The van der Waals surface area contributed by atoms with Crippen LogP contribution in [0.1, 0.15) is 12.5 Å². The maximum absolute atomic E-state index is 4.26. The van der Waals surface area contributed by atoms with Crippen LogP contribution in [0, 0.1) is 0 Å². The van der Waals surface area contributed by atoms with Gasteiger partial charge >= 0.3 is 0 Å². The monoisotopic (exact) mass is 246 g/mol. The first-order valence-electron chi connectivity index (χ1n) is 3.76. The van der Waals surface area contributed by atoms with Gasteiger partial charge in [-0.25, -0.2) is 9.29 Å². The normalized spacial score (nSPS) is 10.7. The van der Waals surface area contributed by atoms with Crippen molar-refractivity contribution in [3.05, 3.63) is 28.5 Å². The third kappa shape index (κ3) is 3.13. The molecule has 1 aromatic rings. The molecule has 2 nitrogen and oxygen atoms in total. The summed E-state index contributed by atoms with van der Waals surface area (Å²) in [7, 11) is 0. The molecule has 0 fully saturated rings. The highest BCUT2D eigenvalue weighted by molar-refractivity contribution is 9.10. The van der Waals surface area contributed by atoms with E-state index in [1.165, 1.54) is 5.56 Å². The second-order valence-electron chi connectivity index (χ2n) is 2.47. The fourth-order valence-electron chi connectivity index (χ4n) is 0.823. The molecule has 0 aliphatic carbocycles. The Bertz CT molecular complexity index is 237. The van der Waals surface area contributed by atoms with Gasteiger partial charge in [0.05, 0.1) is 0 Å². The number of thiol groups is 1. The lowest BCUT2D eigenvalue weighted by atomic mass is 10.3. The summed E-state index contributed by atoms with van der Waals surface area (Å²) in [5.41, 5.74) is 1.18. The van der Waals surface area contributed by atoms with Gasteiger partial charge in [0.1, 0.15) is 4.60 Å². The lowest BCUT2D eigenvalue weighted by Gasteiger charge is -2.11. The molecule has 4 heteroatoms. The summed E-state index contributed by atoms with van der Waals surface area (Å²) >= 11 is 7.55. The van der Waals surface area contributed by atoms with Gasteiger partial charge in [0.2, 0.25) is 0 Å². The summed E-state index contributed by atoms with van der Waals surface area (Å²) in [6.07, 6.45) is 1.85. The standard InChI is InChI=1S/C8H11BrN2S/c1-2-11(12)6-7-3-4-8(9)10-5-7/h3-5,12H,2,6H2,1H3. The Labute approximate surface area is 86.7 Å². The number of hydrogen-bond donors (Lipinski definition) is 1. The minimum Gasteiger partial charge on any atom is -0.249 e. The summed E-state index contributed by atoms with van der Waals surface area (Å²) in [4.78, 5) is 4.12. The quantitative estimate of drug-likeness (QED) is 0.652. The van der Waals surface area contributed by atoms with E-state index in [2.05, 4.69) is 40.7 Å². The Hall–Kier alpha value is -0.0600. The third-order valence-corrected chi connectivity index (χ3v) is 2.41. The van der Waals surface area contributed by atoms with Crippen LogP contribution in [0.2, 0.25) is 0 Å². The Morgan fingerprint density at radius 1 is 1.58 bits per heavy atom. The Kier molecular flexibility index (Phi) is 4.05. The van der Waals surface area contributed by atoms with Crippen LogP contribution in [-0.4, -0.2) is 15.8 Å². The highest BCUT2D eigenvalue weighted by Gasteiger charge is 1.98. The number of rotatable bonds is 3. The van der Waals surface area contributed by atoms with Crippen LogP contribution in [0.3, 0.4) is 0 Å². The van der Waals surface area contributed by atoms with Crippen molar-refractivity contribution in [3.63, 3.8) is 0 Å². The molecule has 0 amide bonds. The van der Waals surface area contributed by atoms with Gasteiger partial charge in [-0.1, -0.05) is 25.8 Å². The molecule has 66 valence electrons.